The molecule has 0 atom stereocenters. The minimum atomic E-state index is 0.559. The molecule has 0 aromatic heterocycles. The largest absolute Gasteiger partial charge is 0.279 e. The van der Waals surface area contributed by atoms with Gasteiger partial charge in [-0.05, 0) is 17.0 Å². The summed E-state index contributed by atoms with van der Waals surface area (Å²) in [6.45, 7) is 0. The number of rotatable bonds is 2. The molecule has 0 aliphatic heterocycles. The molecule has 0 aliphatic carbocycles. The van der Waals surface area contributed by atoms with Crippen molar-refractivity contribution in [2.45, 2.75) is 0 Å². The monoisotopic (exact) mass is 151 g/mol. The lowest BCUT2D eigenvalue weighted by Crippen LogP contribution is -1.66. The summed E-state index contributed by atoms with van der Waals surface area (Å²) in [5, 5.41) is 1.80. The molecule has 0 amide bonds. The third-order valence-corrected chi connectivity index (χ3v) is 1.44. The van der Waals surface area contributed by atoms with E-state index in [1.165, 1.54) is 0 Å². The molecule has 0 radical (unpaired) electrons. The van der Waals surface area contributed by atoms with Crippen molar-refractivity contribution in [2.75, 3.05) is 0 Å². The van der Waals surface area contributed by atoms with Crippen LogP contribution in [-0.2, 0) is 11.6 Å². The molecule has 0 aliphatic rings. The minimum absolute atomic E-state index is 0.559. The topological polar surface area (TPSA) is 23.9 Å². The van der Waals surface area contributed by atoms with Gasteiger partial charge in [0.05, 0.1) is 0 Å². The highest BCUT2D eigenvalue weighted by molar-refractivity contribution is 7.70. The van der Waals surface area contributed by atoms with Crippen LogP contribution in [0.2, 0.25) is 0 Å². The summed E-state index contributed by atoms with van der Waals surface area (Å²) in [5.74, 6) is 0. The summed E-state index contributed by atoms with van der Waals surface area (Å²) < 4.78 is 6.84. The summed E-state index contributed by atoms with van der Waals surface area (Å²) in [7, 11) is 0. The van der Waals surface area contributed by atoms with Gasteiger partial charge in [-0.3, -0.25) is 4.78 Å². The van der Waals surface area contributed by atoms with Crippen LogP contribution in [0.1, 0.15) is 5.56 Å². The second-order valence-electron chi connectivity index (χ2n) is 1.86. The van der Waals surface area contributed by atoms with Gasteiger partial charge in [-0.2, -0.15) is 0 Å². The van der Waals surface area contributed by atoms with Crippen molar-refractivity contribution in [2.24, 2.45) is 0 Å². The summed E-state index contributed by atoms with van der Waals surface area (Å²) in [4.78, 5) is 0. The van der Waals surface area contributed by atoms with E-state index in [0.717, 1.165) is 5.56 Å². The molecular formula is C8H9NS. The van der Waals surface area contributed by atoms with Crippen molar-refractivity contribution in [3.8, 4) is 0 Å². The Bertz CT molecular complexity index is 228. The standard InChI is InChI=1S/C8H9NS/c9-10-7-6-8-4-2-1-3-5-8/h1-7,9-10H. The second-order valence-corrected chi connectivity index (χ2v) is 2.41. The molecule has 0 unspecified atom stereocenters. The fraction of sp³-hybridized carbons (Fsp3) is 0. The average molecular weight is 151 g/mol. The van der Waals surface area contributed by atoms with E-state index in [1.54, 1.807) is 5.41 Å². The van der Waals surface area contributed by atoms with Gasteiger partial charge in [0.1, 0.15) is 0 Å². The Labute approximate surface area is 64.3 Å². The Kier molecular flexibility index (Phi) is 2.90. The van der Waals surface area contributed by atoms with Gasteiger partial charge in [0.2, 0.25) is 0 Å². The number of hydrogen-bond donors (Lipinski definition) is 2. The summed E-state index contributed by atoms with van der Waals surface area (Å²) in [6.07, 6.45) is 1.94. The van der Waals surface area contributed by atoms with Gasteiger partial charge in [-0.1, -0.05) is 41.9 Å². The second kappa shape index (κ2) is 4.01. The first-order valence-corrected chi connectivity index (χ1v) is 3.98. The molecule has 0 heterocycles. The molecule has 1 aromatic rings. The Morgan fingerprint density at radius 2 is 1.90 bits per heavy atom. The van der Waals surface area contributed by atoms with Crippen molar-refractivity contribution < 1.29 is 0 Å². The highest BCUT2D eigenvalue weighted by Crippen LogP contribution is 1.99. The van der Waals surface area contributed by atoms with Crippen LogP contribution >= 0.6 is 0 Å². The Hall–Kier alpha value is -0.890. The van der Waals surface area contributed by atoms with E-state index in [1.807, 2.05) is 36.4 Å². The van der Waals surface area contributed by atoms with Crippen molar-refractivity contribution in [1.29, 1.82) is 4.78 Å². The van der Waals surface area contributed by atoms with Crippen LogP contribution in [0.15, 0.2) is 35.7 Å². The average Bonchev–Trinajstić information content (AvgIpc) is 2.03. The molecule has 0 saturated heterocycles. The highest BCUT2D eigenvalue weighted by Gasteiger charge is 1.78. The van der Waals surface area contributed by atoms with E-state index in [0.29, 0.717) is 11.6 Å². The van der Waals surface area contributed by atoms with Gasteiger partial charge in [0, 0.05) is 0 Å². The van der Waals surface area contributed by atoms with Crippen LogP contribution in [0.4, 0.5) is 0 Å². The lowest BCUT2D eigenvalue weighted by Gasteiger charge is -1.87. The van der Waals surface area contributed by atoms with Crippen LogP contribution in [-0.4, -0.2) is 0 Å². The maximum absolute atomic E-state index is 6.84. The zero-order valence-corrected chi connectivity index (χ0v) is 6.38. The van der Waals surface area contributed by atoms with Gasteiger partial charge in [-0.15, -0.1) is 0 Å². The van der Waals surface area contributed by atoms with E-state index >= 15 is 0 Å². The van der Waals surface area contributed by atoms with Gasteiger partial charge in [0.15, 0.2) is 0 Å². The normalized spacial score (nSPS) is 10.4. The third kappa shape index (κ3) is 2.15. The maximum atomic E-state index is 6.84. The van der Waals surface area contributed by atoms with Crippen LogP contribution in [0.25, 0.3) is 6.08 Å². The number of thiol groups is 1. The Balaban J connectivity index is 2.76. The Morgan fingerprint density at radius 3 is 2.50 bits per heavy atom. The van der Waals surface area contributed by atoms with Gasteiger partial charge >= 0.3 is 0 Å². The lowest BCUT2D eigenvalue weighted by atomic mass is 10.2. The smallest absolute Gasteiger partial charge is 0.0206 e. The van der Waals surface area contributed by atoms with Gasteiger partial charge in [-0.25, -0.2) is 0 Å². The zero-order chi connectivity index (χ0) is 7.23. The summed E-state index contributed by atoms with van der Waals surface area (Å²) in [5.41, 5.74) is 1.15. The molecular weight excluding hydrogens is 142 g/mol. The molecule has 0 fully saturated rings. The van der Waals surface area contributed by atoms with Crippen LogP contribution in [0, 0.1) is 4.78 Å². The molecule has 1 nitrogen and oxygen atoms in total. The first-order chi connectivity index (χ1) is 4.93. The van der Waals surface area contributed by atoms with Crippen molar-refractivity contribution in [1.82, 2.24) is 0 Å². The zero-order valence-electron chi connectivity index (χ0n) is 5.49. The molecule has 1 N–H and O–H groups in total. The van der Waals surface area contributed by atoms with E-state index < -0.39 is 0 Å². The van der Waals surface area contributed by atoms with Crippen molar-refractivity contribution in [3.05, 3.63) is 41.3 Å². The van der Waals surface area contributed by atoms with Crippen LogP contribution in [0.3, 0.4) is 0 Å². The highest BCUT2D eigenvalue weighted by atomic mass is 32.1. The first kappa shape index (κ1) is 7.22. The molecule has 0 spiro atoms. The molecule has 0 bridgehead atoms. The van der Waals surface area contributed by atoms with Gasteiger partial charge in [0.25, 0.3) is 0 Å². The maximum Gasteiger partial charge on any atom is -0.0206 e. The molecule has 2 heteroatoms. The lowest BCUT2D eigenvalue weighted by molar-refractivity contribution is 1.65. The van der Waals surface area contributed by atoms with Crippen LogP contribution in [0.5, 0.6) is 0 Å². The quantitative estimate of drug-likeness (QED) is 0.606. The minimum Gasteiger partial charge on any atom is -0.279 e. The molecule has 1 aromatic carbocycles. The summed E-state index contributed by atoms with van der Waals surface area (Å²) >= 11 is 0.559. The fourth-order valence-corrected chi connectivity index (χ4v) is 0.934. The first-order valence-electron chi connectivity index (χ1n) is 3.01. The number of nitrogens with one attached hydrogen (secondary N) is 1. The molecule has 0 saturated carbocycles. The van der Waals surface area contributed by atoms with Crippen molar-refractivity contribution >= 4 is 17.6 Å². The SMILES string of the molecule is N=[SH]C=Cc1ccccc1. The fourth-order valence-electron chi connectivity index (χ4n) is 0.687. The molecule has 1 rings (SSSR count). The van der Waals surface area contributed by atoms with Crippen LogP contribution < -0.4 is 0 Å². The Morgan fingerprint density at radius 1 is 1.20 bits per heavy atom. The van der Waals surface area contributed by atoms with E-state index in [4.69, 9.17) is 4.78 Å². The van der Waals surface area contributed by atoms with E-state index in [-0.39, 0.29) is 0 Å². The molecule has 52 valence electrons. The predicted molar refractivity (Wildman–Crippen MR) is 47.0 cm³/mol. The number of benzene rings is 1. The predicted octanol–water partition coefficient (Wildman–Crippen LogP) is 2.23. The van der Waals surface area contributed by atoms with Crippen molar-refractivity contribution in [3.63, 3.8) is 0 Å². The van der Waals surface area contributed by atoms with E-state index in [9.17, 15) is 0 Å². The molecule has 10 heavy (non-hydrogen) atoms. The van der Waals surface area contributed by atoms with Gasteiger partial charge < -0.3 is 0 Å². The van der Waals surface area contributed by atoms with E-state index in [2.05, 4.69) is 0 Å². The third-order valence-electron chi connectivity index (χ3n) is 1.14. The summed E-state index contributed by atoms with van der Waals surface area (Å²) in [6, 6.07) is 9.99. The number of hydrogen-bond acceptors (Lipinski definition) is 1.